The fraction of sp³-hybridized carbons (Fsp3) is 0.500. The van der Waals surface area contributed by atoms with Crippen molar-refractivity contribution in [3.63, 3.8) is 0 Å². The van der Waals surface area contributed by atoms with E-state index in [9.17, 15) is 14.4 Å². The molecule has 0 bridgehead atoms. The first-order valence-corrected chi connectivity index (χ1v) is 9.18. The van der Waals surface area contributed by atoms with Crippen LogP contribution in [0.25, 0.3) is 0 Å². The Bertz CT molecular complexity index is 768. The van der Waals surface area contributed by atoms with Gasteiger partial charge < -0.3 is 4.74 Å². The molecule has 0 heterocycles. The minimum absolute atomic E-state index is 0.0140. The molecule has 1 aromatic carbocycles. The number of ketones is 3. The highest BCUT2D eigenvalue weighted by atomic mass is 16.5. The van der Waals surface area contributed by atoms with E-state index < -0.39 is 5.92 Å². The molecule has 1 fully saturated rings. The van der Waals surface area contributed by atoms with Crippen molar-refractivity contribution < 1.29 is 19.1 Å². The van der Waals surface area contributed by atoms with Crippen LogP contribution in [-0.4, -0.2) is 24.0 Å². The maximum atomic E-state index is 12.8. The van der Waals surface area contributed by atoms with Gasteiger partial charge >= 0.3 is 0 Å². The lowest BCUT2D eigenvalue weighted by molar-refractivity contribution is -0.136. The molecule has 0 aliphatic heterocycles. The second-order valence-electron chi connectivity index (χ2n) is 7.08. The van der Waals surface area contributed by atoms with Gasteiger partial charge in [-0.15, -0.1) is 0 Å². The number of benzene rings is 1. The fourth-order valence-corrected chi connectivity index (χ4v) is 4.37. The Labute approximate surface area is 155 Å². The van der Waals surface area contributed by atoms with Crippen LogP contribution in [0.2, 0.25) is 0 Å². The summed E-state index contributed by atoms with van der Waals surface area (Å²) in [7, 11) is 0. The van der Waals surface area contributed by atoms with Crippen LogP contribution in [0.1, 0.15) is 72.1 Å². The topological polar surface area (TPSA) is 60.4 Å². The molecule has 0 spiro atoms. The van der Waals surface area contributed by atoms with E-state index in [1.807, 2.05) is 33.8 Å². The number of rotatable bonds is 5. The van der Waals surface area contributed by atoms with Crippen molar-refractivity contribution in [2.24, 2.45) is 5.92 Å². The molecule has 26 heavy (non-hydrogen) atoms. The lowest BCUT2D eigenvalue weighted by Gasteiger charge is -2.30. The molecular weight excluding hydrogens is 328 g/mol. The largest absolute Gasteiger partial charge is 0.497 e. The van der Waals surface area contributed by atoms with Gasteiger partial charge in [0.2, 0.25) is 0 Å². The van der Waals surface area contributed by atoms with Crippen molar-refractivity contribution >= 4 is 17.3 Å². The van der Waals surface area contributed by atoms with Gasteiger partial charge in [0.15, 0.2) is 17.3 Å². The number of aryl methyl sites for hydroxylation is 2. The number of hydrogen-bond donors (Lipinski definition) is 0. The molecule has 1 aliphatic carbocycles. The van der Waals surface area contributed by atoms with E-state index in [0.717, 1.165) is 22.3 Å². The molecule has 0 unspecified atom stereocenters. The third-order valence-electron chi connectivity index (χ3n) is 5.21. The second kappa shape index (κ2) is 7.98. The Balaban J connectivity index is 2.43. The van der Waals surface area contributed by atoms with Crippen molar-refractivity contribution in [1.29, 1.82) is 0 Å². The molecule has 1 saturated carbocycles. The van der Waals surface area contributed by atoms with Gasteiger partial charge in [0, 0.05) is 18.4 Å². The van der Waals surface area contributed by atoms with Crippen molar-refractivity contribution in [2.75, 3.05) is 6.61 Å². The first kappa shape index (κ1) is 20.1. The summed E-state index contributed by atoms with van der Waals surface area (Å²) in [6, 6.07) is 1.98. The summed E-state index contributed by atoms with van der Waals surface area (Å²) in [6.07, 6.45) is 2.30. The molecule has 0 saturated heterocycles. The van der Waals surface area contributed by atoms with Gasteiger partial charge in [-0.2, -0.15) is 0 Å². The Hall–Kier alpha value is -2.23. The highest BCUT2D eigenvalue weighted by Gasteiger charge is 2.40. The van der Waals surface area contributed by atoms with Crippen LogP contribution in [0.5, 0.6) is 0 Å². The quantitative estimate of drug-likeness (QED) is 0.446. The van der Waals surface area contributed by atoms with Gasteiger partial charge in [0.25, 0.3) is 0 Å². The molecule has 0 amide bonds. The number of Topliss-reactive ketones (excluding diaryl/α,β-unsaturated/α-hetero) is 3. The predicted molar refractivity (Wildman–Crippen MR) is 102 cm³/mol. The van der Waals surface area contributed by atoms with Crippen LogP contribution in [-0.2, 0) is 14.3 Å². The summed E-state index contributed by atoms with van der Waals surface area (Å²) in [6.45, 7) is 11.4. The zero-order chi connectivity index (χ0) is 19.6. The van der Waals surface area contributed by atoms with Crippen molar-refractivity contribution in [2.45, 2.75) is 60.3 Å². The first-order valence-electron chi connectivity index (χ1n) is 9.18. The first-order chi connectivity index (χ1) is 12.2. The van der Waals surface area contributed by atoms with Crippen LogP contribution in [0, 0.1) is 26.7 Å². The minimum Gasteiger partial charge on any atom is -0.497 e. The van der Waals surface area contributed by atoms with Crippen LogP contribution < -0.4 is 0 Å². The summed E-state index contributed by atoms with van der Waals surface area (Å²) >= 11 is 0. The molecule has 1 aromatic rings. The highest BCUT2D eigenvalue weighted by Crippen LogP contribution is 2.39. The maximum absolute atomic E-state index is 12.8. The van der Waals surface area contributed by atoms with Crippen LogP contribution in [0.3, 0.4) is 0 Å². The molecule has 0 radical (unpaired) electrons. The van der Waals surface area contributed by atoms with Gasteiger partial charge in [-0.05, 0) is 75.8 Å². The summed E-state index contributed by atoms with van der Waals surface area (Å²) in [4.78, 5) is 37.6. The molecule has 1 aliphatic rings. The van der Waals surface area contributed by atoms with Crippen molar-refractivity contribution in [3.8, 4) is 0 Å². The smallest absolute Gasteiger partial charge is 0.160 e. The second-order valence-corrected chi connectivity index (χ2v) is 7.08. The average Bonchev–Trinajstić information content (AvgIpc) is 2.52. The van der Waals surface area contributed by atoms with Crippen molar-refractivity contribution in [1.82, 2.24) is 0 Å². The number of ether oxygens (including phenoxy) is 1. The Morgan fingerprint density at radius 2 is 1.73 bits per heavy atom. The molecule has 0 aromatic heterocycles. The maximum Gasteiger partial charge on any atom is 0.160 e. The molecule has 140 valence electrons. The highest BCUT2D eigenvalue weighted by molar-refractivity contribution is 6.08. The minimum atomic E-state index is -0.783. The number of carbonyl (C=O) groups excluding carboxylic acids is 3. The van der Waals surface area contributed by atoms with Gasteiger partial charge in [0.05, 0.1) is 6.61 Å². The Morgan fingerprint density at radius 3 is 2.19 bits per heavy atom. The zero-order valence-corrected chi connectivity index (χ0v) is 16.6. The molecule has 4 nitrogen and oxygen atoms in total. The number of carbonyl (C=O) groups is 3. The molecule has 2 rings (SSSR count). The van der Waals surface area contributed by atoms with Gasteiger partial charge in [-0.1, -0.05) is 6.07 Å². The van der Waals surface area contributed by atoms with Crippen molar-refractivity contribution in [3.05, 3.63) is 45.7 Å². The monoisotopic (exact) mass is 356 g/mol. The summed E-state index contributed by atoms with van der Waals surface area (Å²) in [5, 5.41) is 0. The SMILES string of the molecule is CC=C(OCC)C1C(=O)CC(c2c(C)cc(C)c(C(C)=O)c2C)CC1=O. The summed E-state index contributed by atoms with van der Waals surface area (Å²) in [5.41, 5.74) is 4.55. The Morgan fingerprint density at radius 1 is 1.15 bits per heavy atom. The lowest BCUT2D eigenvalue weighted by Crippen LogP contribution is -2.35. The summed E-state index contributed by atoms with van der Waals surface area (Å²) < 4.78 is 5.50. The number of hydrogen-bond acceptors (Lipinski definition) is 4. The molecule has 4 heteroatoms. The Kier molecular flexibility index (Phi) is 6.17. The normalized spacial score (nSPS) is 21.1. The average molecular weight is 356 g/mol. The zero-order valence-electron chi connectivity index (χ0n) is 16.6. The van der Waals surface area contributed by atoms with E-state index in [1.165, 1.54) is 0 Å². The van der Waals surface area contributed by atoms with Crippen LogP contribution in [0.15, 0.2) is 17.9 Å². The third-order valence-corrected chi connectivity index (χ3v) is 5.21. The summed E-state index contributed by atoms with van der Waals surface area (Å²) in [5.74, 6) is -0.685. The van der Waals surface area contributed by atoms with E-state index >= 15 is 0 Å². The van der Waals surface area contributed by atoms with Gasteiger partial charge in [-0.3, -0.25) is 14.4 Å². The fourth-order valence-electron chi connectivity index (χ4n) is 4.37. The lowest BCUT2D eigenvalue weighted by atomic mass is 9.73. The predicted octanol–water partition coefficient (Wildman–Crippen LogP) is 4.39. The number of allylic oxidation sites excluding steroid dienone is 2. The standard InChI is InChI=1S/C22H28O4/c1-7-19(26-8-2)22-17(24)10-16(11-18(22)25)21-13(4)9-12(3)20(14(21)5)15(6)23/h7,9,16,22H,8,10-11H2,1-6H3. The van der Waals surface area contributed by atoms with E-state index in [1.54, 1.807) is 19.9 Å². The molecular formula is C22H28O4. The molecule has 0 atom stereocenters. The van der Waals surface area contributed by atoms with E-state index in [4.69, 9.17) is 4.74 Å². The van der Waals surface area contributed by atoms with E-state index in [0.29, 0.717) is 30.8 Å². The van der Waals surface area contributed by atoms with E-state index in [-0.39, 0.29) is 23.3 Å². The van der Waals surface area contributed by atoms with Gasteiger partial charge in [-0.25, -0.2) is 0 Å². The van der Waals surface area contributed by atoms with Crippen LogP contribution in [0.4, 0.5) is 0 Å². The van der Waals surface area contributed by atoms with E-state index in [2.05, 4.69) is 0 Å². The molecule has 0 N–H and O–H groups in total. The van der Waals surface area contributed by atoms with Gasteiger partial charge in [0.1, 0.15) is 11.7 Å². The third kappa shape index (κ3) is 3.64. The van der Waals surface area contributed by atoms with Crippen LogP contribution >= 0.6 is 0 Å².